The van der Waals surface area contributed by atoms with Crippen LogP contribution >= 0.6 is 0 Å². The molecule has 1 aliphatic heterocycles. The lowest BCUT2D eigenvalue weighted by Gasteiger charge is -2.34. The maximum absolute atomic E-state index is 13.2. The summed E-state index contributed by atoms with van der Waals surface area (Å²) >= 11 is 0. The molecule has 0 aromatic heterocycles. The Morgan fingerprint density at radius 2 is 2.05 bits per heavy atom. The van der Waals surface area contributed by atoms with Crippen LogP contribution in [0.4, 0.5) is 4.39 Å². The van der Waals surface area contributed by atoms with Gasteiger partial charge < -0.3 is 10.1 Å². The molecule has 0 aliphatic carbocycles. The van der Waals surface area contributed by atoms with Gasteiger partial charge in [-0.25, -0.2) is 4.39 Å². The molecule has 1 heterocycles. The van der Waals surface area contributed by atoms with Crippen LogP contribution in [0, 0.1) is 12.7 Å². The van der Waals surface area contributed by atoms with Gasteiger partial charge in [0.15, 0.2) is 0 Å². The quantitative estimate of drug-likeness (QED) is 0.921. The van der Waals surface area contributed by atoms with Gasteiger partial charge in [0.05, 0.1) is 18.8 Å². The molecule has 0 spiro atoms. The van der Waals surface area contributed by atoms with Crippen LogP contribution < -0.4 is 5.32 Å². The van der Waals surface area contributed by atoms with Crippen molar-refractivity contribution in [3.63, 3.8) is 0 Å². The highest BCUT2D eigenvalue weighted by Crippen LogP contribution is 2.11. The second-order valence-corrected chi connectivity index (χ2v) is 5.81. The topological polar surface area (TPSA) is 41.6 Å². The van der Waals surface area contributed by atoms with E-state index in [1.807, 2.05) is 13.8 Å². The zero-order valence-electron chi connectivity index (χ0n) is 12.9. The van der Waals surface area contributed by atoms with Crippen molar-refractivity contribution in [2.75, 3.05) is 19.6 Å². The van der Waals surface area contributed by atoms with Gasteiger partial charge in [-0.15, -0.1) is 0 Å². The average Bonchev–Trinajstić information content (AvgIpc) is 2.39. The van der Waals surface area contributed by atoms with Crippen molar-refractivity contribution < 1.29 is 13.9 Å². The first kappa shape index (κ1) is 15.9. The normalized spacial score (nSPS) is 23.0. The second-order valence-electron chi connectivity index (χ2n) is 5.81. The van der Waals surface area contributed by atoms with E-state index in [2.05, 4.69) is 10.2 Å². The third kappa shape index (κ3) is 4.79. The van der Waals surface area contributed by atoms with Crippen LogP contribution in [-0.4, -0.2) is 42.6 Å². The number of carbonyl (C=O) groups excluding carboxylic acids is 1. The van der Waals surface area contributed by atoms with Gasteiger partial charge in [0, 0.05) is 19.6 Å². The summed E-state index contributed by atoms with van der Waals surface area (Å²) in [6.45, 7) is 8.09. The summed E-state index contributed by atoms with van der Waals surface area (Å²) in [6, 6.07) is 4.89. The van der Waals surface area contributed by atoms with E-state index in [0.717, 1.165) is 18.7 Å². The fourth-order valence-corrected chi connectivity index (χ4v) is 2.69. The Bertz CT molecular complexity index is 497. The van der Waals surface area contributed by atoms with Crippen molar-refractivity contribution in [3.05, 3.63) is 35.1 Å². The lowest BCUT2D eigenvalue weighted by molar-refractivity contribution is -0.126. The summed E-state index contributed by atoms with van der Waals surface area (Å²) < 4.78 is 18.8. The molecule has 2 rings (SSSR count). The number of aryl methyl sites for hydroxylation is 1. The highest BCUT2D eigenvalue weighted by atomic mass is 19.1. The van der Waals surface area contributed by atoms with Gasteiger partial charge in [-0.05, 0) is 38.0 Å². The fourth-order valence-electron chi connectivity index (χ4n) is 2.69. The summed E-state index contributed by atoms with van der Waals surface area (Å²) in [4.78, 5) is 14.1. The van der Waals surface area contributed by atoms with E-state index < -0.39 is 0 Å². The molecule has 1 amide bonds. The molecule has 4 nitrogen and oxygen atoms in total. The molecule has 21 heavy (non-hydrogen) atoms. The number of carbonyl (C=O) groups is 1. The third-order valence-corrected chi connectivity index (χ3v) is 3.57. The highest BCUT2D eigenvalue weighted by Gasteiger charge is 2.23. The van der Waals surface area contributed by atoms with Crippen molar-refractivity contribution in [2.45, 2.75) is 39.5 Å². The summed E-state index contributed by atoms with van der Waals surface area (Å²) in [7, 11) is 0. The summed E-state index contributed by atoms with van der Waals surface area (Å²) in [5, 5.41) is 2.88. The monoisotopic (exact) mass is 294 g/mol. The molecule has 0 bridgehead atoms. The van der Waals surface area contributed by atoms with Gasteiger partial charge in [-0.1, -0.05) is 12.1 Å². The molecule has 0 unspecified atom stereocenters. The minimum absolute atomic E-state index is 0.0155. The lowest BCUT2D eigenvalue weighted by Crippen LogP contribution is -2.49. The molecule has 1 saturated heterocycles. The second kappa shape index (κ2) is 7.00. The molecule has 1 aromatic rings. The van der Waals surface area contributed by atoms with Gasteiger partial charge in [0.2, 0.25) is 5.91 Å². The number of nitrogens with one attached hydrogen (secondary N) is 1. The maximum atomic E-state index is 13.2. The number of nitrogens with zero attached hydrogens (tertiary/aromatic N) is 1. The molecule has 0 radical (unpaired) electrons. The first-order chi connectivity index (χ1) is 9.94. The van der Waals surface area contributed by atoms with Crippen LogP contribution in [0.25, 0.3) is 0 Å². The SMILES string of the molecule is Cc1cc(CNC(=O)CN2C[C@@H](C)O[C@@H](C)C2)ccc1F. The number of rotatable bonds is 4. The predicted molar refractivity (Wildman–Crippen MR) is 79.4 cm³/mol. The Hall–Kier alpha value is -1.46. The molecule has 2 atom stereocenters. The van der Waals surface area contributed by atoms with Gasteiger partial charge >= 0.3 is 0 Å². The minimum Gasteiger partial charge on any atom is -0.373 e. The van der Waals surface area contributed by atoms with E-state index in [9.17, 15) is 9.18 Å². The van der Waals surface area contributed by atoms with Crippen LogP contribution in [0.1, 0.15) is 25.0 Å². The van der Waals surface area contributed by atoms with Crippen molar-refractivity contribution in [1.29, 1.82) is 0 Å². The predicted octanol–water partition coefficient (Wildman–Crippen LogP) is 1.86. The van der Waals surface area contributed by atoms with E-state index >= 15 is 0 Å². The van der Waals surface area contributed by atoms with Crippen LogP contribution in [-0.2, 0) is 16.1 Å². The van der Waals surface area contributed by atoms with Crippen LogP contribution in [0.15, 0.2) is 18.2 Å². The van der Waals surface area contributed by atoms with Crippen LogP contribution in [0.3, 0.4) is 0 Å². The zero-order chi connectivity index (χ0) is 15.4. The summed E-state index contributed by atoms with van der Waals surface area (Å²) in [5.74, 6) is -0.236. The molecular formula is C16H23FN2O2. The summed E-state index contributed by atoms with van der Waals surface area (Å²) in [6.07, 6.45) is 0.308. The van der Waals surface area contributed by atoms with E-state index in [-0.39, 0.29) is 23.9 Å². The maximum Gasteiger partial charge on any atom is 0.234 e. The first-order valence-electron chi connectivity index (χ1n) is 7.33. The summed E-state index contributed by atoms with van der Waals surface area (Å²) in [5.41, 5.74) is 1.50. The molecule has 116 valence electrons. The minimum atomic E-state index is -0.221. The zero-order valence-corrected chi connectivity index (χ0v) is 12.9. The Balaban J connectivity index is 1.80. The van der Waals surface area contributed by atoms with Crippen molar-refractivity contribution >= 4 is 5.91 Å². The lowest BCUT2D eigenvalue weighted by atomic mass is 10.1. The molecule has 1 aliphatic rings. The Morgan fingerprint density at radius 1 is 1.38 bits per heavy atom. The van der Waals surface area contributed by atoms with Gasteiger partial charge in [0.25, 0.3) is 0 Å². The van der Waals surface area contributed by atoms with Crippen LogP contribution in [0.5, 0.6) is 0 Å². The van der Waals surface area contributed by atoms with E-state index in [1.165, 1.54) is 6.07 Å². The van der Waals surface area contributed by atoms with E-state index in [1.54, 1.807) is 19.1 Å². The van der Waals surface area contributed by atoms with Crippen LogP contribution in [0.2, 0.25) is 0 Å². The number of ether oxygens (including phenoxy) is 1. The van der Waals surface area contributed by atoms with Gasteiger partial charge in [-0.3, -0.25) is 9.69 Å². The number of morpholine rings is 1. The Morgan fingerprint density at radius 3 is 2.67 bits per heavy atom. The number of amides is 1. The van der Waals surface area contributed by atoms with Crippen molar-refractivity contribution in [2.24, 2.45) is 0 Å². The highest BCUT2D eigenvalue weighted by molar-refractivity contribution is 5.78. The molecule has 5 heteroatoms. The molecule has 0 saturated carbocycles. The van der Waals surface area contributed by atoms with E-state index in [4.69, 9.17) is 4.74 Å². The molecule has 1 aromatic carbocycles. The standard InChI is InChI=1S/C16H23FN2O2/c1-11-6-14(4-5-15(11)17)7-18-16(20)10-19-8-12(2)21-13(3)9-19/h4-6,12-13H,7-10H2,1-3H3,(H,18,20)/t12-,13+. The molecule has 1 N–H and O–H groups in total. The fraction of sp³-hybridized carbons (Fsp3) is 0.562. The largest absolute Gasteiger partial charge is 0.373 e. The first-order valence-corrected chi connectivity index (χ1v) is 7.33. The number of hydrogen-bond acceptors (Lipinski definition) is 3. The Labute approximate surface area is 125 Å². The van der Waals surface area contributed by atoms with E-state index in [0.29, 0.717) is 18.7 Å². The number of benzene rings is 1. The van der Waals surface area contributed by atoms with Crippen molar-refractivity contribution in [1.82, 2.24) is 10.2 Å². The Kier molecular flexibility index (Phi) is 5.31. The third-order valence-electron chi connectivity index (χ3n) is 3.57. The smallest absolute Gasteiger partial charge is 0.234 e. The number of halogens is 1. The molecule has 1 fully saturated rings. The number of hydrogen-bond donors (Lipinski definition) is 1. The van der Waals surface area contributed by atoms with Crippen molar-refractivity contribution in [3.8, 4) is 0 Å². The molecular weight excluding hydrogens is 271 g/mol. The average molecular weight is 294 g/mol. The van der Waals surface area contributed by atoms with Gasteiger partial charge in [-0.2, -0.15) is 0 Å². The van der Waals surface area contributed by atoms with Gasteiger partial charge in [0.1, 0.15) is 5.82 Å².